The van der Waals surface area contributed by atoms with Gasteiger partial charge in [-0.1, -0.05) is 11.6 Å². The minimum absolute atomic E-state index is 0.00698. The number of nitrogens with zero attached hydrogens (tertiary/aromatic N) is 2. The first-order chi connectivity index (χ1) is 11.2. The van der Waals surface area contributed by atoms with Crippen molar-refractivity contribution in [2.75, 3.05) is 0 Å². The zero-order valence-electron chi connectivity index (χ0n) is 12.9. The van der Waals surface area contributed by atoms with Crippen LogP contribution in [0.3, 0.4) is 0 Å². The van der Waals surface area contributed by atoms with Gasteiger partial charge in [0.15, 0.2) is 30.3 Å². The molecule has 126 valence electrons. The molecule has 2 nitrogen and oxygen atoms in total. The molecule has 24 heavy (non-hydrogen) atoms. The average Bonchev–Trinajstić information content (AvgIpc) is 2.53. The van der Waals surface area contributed by atoms with E-state index in [0.717, 1.165) is 0 Å². The lowest BCUT2D eigenvalue weighted by Gasteiger charge is -2.12. The molecule has 1 aromatic heterocycles. The van der Waals surface area contributed by atoms with E-state index in [0.29, 0.717) is 0 Å². The van der Waals surface area contributed by atoms with E-state index < -0.39 is 45.7 Å². The Morgan fingerprint density at radius 3 is 1.62 bits per heavy atom. The van der Waals surface area contributed by atoms with E-state index in [1.807, 2.05) is 0 Å². The maximum atomic E-state index is 14.9. The summed E-state index contributed by atoms with van der Waals surface area (Å²) < 4.78 is 85.9. The van der Waals surface area contributed by atoms with Gasteiger partial charge in [-0.2, -0.15) is 0 Å². The van der Waals surface area contributed by atoms with Crippen molar-refractivity contribution in [3.63, 3.8) is 0 Å². The molecule has 0 unspecified atom stereocenters. The highest BCUT2D eigenvalue weighted by atomic mass is 19.2. The summed E-state index contributed by atoms with van der Waals surface area (Å²) in [6.45, 7) is 2.99. The molecule has 0 N–H and O–H groups in total. The third kappa shape index (κ3) is 1.91. The molecule has 1 heterocycles. The highest BCUT2D eigenvalue weighted by Gasteiger charge is 2.31. The summed E-state index contributed by atoms with van der Waals surface area (Å²) in [5.74, 6) is -11.1. The minimum atomic E-state index is -2.19. The van der Waals surface area contributed by atoms with Crippen LogP contribution in [-0.2, 0) is 13.5 Å². The molecule has 8 heteroatoms. The van der Waals surface area contributed by atoms with Gasteiger partial charge in [0.1, 0.15) is 17.3 Å². The number of aryl methyl sites for hydroxylation is 3. The van der Waals surface area contributed by atoms with E-state index in [1.165, 1.54) is 18.7 Å². The number of aromatic nitrogens is 2. The van der Waals surface area contributed by atoms with Crippen molar-refractivity contribution in [3.05, 3.63) is 46.3 Å². The van der Waals surface area contributed by atoms with Crippen LogP contribution in [0.15, 0.2) is 0 Å². The summed E-state index contributed by atoms with van der Waals surface area (Å²) in [6.07, 6.45) is 0.204. The lowest BCUT2D eigenvalue weighted by molar-refractivity contribution is -0.736. The van der Waals surface area contributed by atoms with Gasteiger partial charge in [0, 0.05) is 6.42 Å². The lowest BCUT2D eigenvalue weighted by Crippen LogP contribution is -2.39. The van der Waals surface area contributed by atoms with Gasteiger partial charge in [0.2, 0.25) is 5.69 Å². The van der Waals surface area contributed by atoms with Crippen LogP contribution in [0.25, 0.3) is 21.5 Å². The van der Waals surface area contributed by atoms with E-state index in [9.17, 15) is 26.3 Å². The molecule has 0 atom stereocenters. The van der Waals surface area contributed by atoms with Crippen molar-refractivity contribution >= 4 is 21.5 Å². The molecule has 0 aliphatic rings. The maximum Gasteiger partial charge on any atom is 0.218 e. The predicted molar refractivity (Wildman–Crippen MR) is 74.3 cm³/mol. The normalized spacial score (nSPS) is 11.7. The quantitative estimate of drug-likeness (QED) is 0.215. The fourth-order valence-corrected chi connectivity index (χ4v) is 3.03. The van der Waals surface area contributed by atoms with Crippen LogP contribution in [-0.4, -0.2) is 5.10 Å². The summed E-state index contributed by atoms with van der Waals surface area (Å²) >= 11 is 0. The third-order valence-electron chi connectivity index (χ3n) is 4.07. The largest absolute Gasteiger partial charge is 0.218 e. The summed E-state index contributed by atoms with van der Waals surface area (Å²) in [5.41, 5.74) is 0.214. The van der Waals surface area contributed by atoms with E-state index in [2.05, 4.69) is 5.10 Å². The van der Waals surface area contributed by atoms with E-state index in [4.69, 9.17) is 0 Å². The zero-order chi connectivity index (χ0) is 17.9. The molecule has 0 aliphatic carbocycles. The van der Waals surface area contributed by atoms with Crippen LogP contribution in [0.5, 0.6) is 0 Å². The highest BCUT2D eigenvalue weighted by molar-refractivity contribution is 6.01. The summed E-state index contributed by atoms with van der Waals surface area (Å²) in [7, 11) is 1.48. The zero-order valence-corrected chi connectivity index (χ0v) is 12.9. The third-order valence-corrected chi connectivity index (χ3v) is 4.07. The Kier molecular flexibility index (Phi) is 3.65. The van der Waals surface area contributed by atoms with Crippen molar-refractivity contribution in [3.8, 4) is 0 Å². The van der Waals surface area contributed by atoms with Crippen molar-refractivity contribution in [1.29, 1.82) is 0 Å². The molecule has 0 amide bonds. The number of benzene rings is 2. The Morgan fingerprint density at radius 1 is 0.708 bits per heavy atom. The molecule has 0 fully saturated rings. The van der Waals surface area contributed by atoms with E-state index in [-0.39, 0.29) is 28.6 Å². The van der Waals surface area contributed by atoms with E-state index in [1.54, 1.807) is 6.92 Å². The Labute approximate surface area is 132 Å². The molecular formula is C16H11F6N2+. The molecule has 3 rings (SSSR count). The minimum Gasteiger partial charge on any atom is -0.205 e. The van der Waals surface area contributed by atoms with Gasteiger partial charge < -0.3 is 0 Å². The molecule has 0 spiro atoms. The number of halogens is 6. The van der Waals surface area contributed by atoms with Crippen LogP contribution in [0, 0.1) is 41.8 Å². The van der Waals surface area contributed by atoms with Gasteiger partial charge in [0.25, 0.3) is 0 Å². The molecule has 0 bridgehead atoms. The predicted octanol–water partition coefficient (Wildman–Crippen LogP) is 3.92. The summed E-state index contributed by atoms with van der Waals surface area (Å²) in [4.78, 5) is 0. The molecule has 0 saturated heterocycles. The topological polar surface area (TPSA) is 16.8 Å². The fourth-order valence-electron chi connectivity index (χ4n) is 3.03. The van der Waals surface area contributed by atoms with Crippen LogP contribution < -0.4 is 4.68 Å². The van der Waals surface area contributed by atoms with Gasteiger partial charge in [-0.3, -0.25) is 0 Å². The first-order valence-corrected chi connectivity index (χ1v) is 7.04. The number of fused-ring (bicyclic) bond motifs is 2. The smallest absolute Gasteiger partial charge is 0.205 e. The lowest BCUT2D eigenvalue weighted by atomic mass is 9.98. The first kappa shape index (κ1) is 16.5. The molecule has 3 aromatic rings. The van der Waals surface area contributed by atoms with E-state index >= 15 is 0 Å². The molecule has 0 radical (unpaired) electrons. The number of hydrogen-bond acceptors (Lipinski definition) is 1. The first-order valence-electron chi connectivity index (χ1n) is 7.04. The molecule has 0 saturated carbocycles. The maximum absolute atomic E-state index is 14.9. The second-order valence-corrected chi connectivity index (χ2v) is 5.39. The molecule has 2 aromatic carbocycles. The van der Waals surface area contributed by atoms with Crippen LogP contribution in [0.2, 0.25) is 0 Å². The SMILES string of the molecule is CCc1c2c(F)c3c(F)c(F)c(F)c(F)c3c(F)c2c(C)n[n+]1C. The summed E-state index contributed by atoms with van der Waals surface area (Å²) in [5, 5.41) is 0.759. The average molecular weight is 345 g/mol. The monoisotopic (exact) mass is 345 g/mol. The van der Waals surface area contributed by atoms with Gasteiger partial charge in [-0.25, -0.2) is 26.3 Å². The van der Waals surface area contributed by atoms with Crippen LogP contribution in [0.4, 0.5) is 26.3 Å². The Bertz CT molecular complexity index is 1030. The highest BCUT2D eigenvalue weighted by Crippen LogP contribution is 2.37. The Balaban J connectivity index is 2.79. The van der Waals surface area contributed by atoms with Crippen molar-refractivity contribution in [1.82, 2.24) is 5.10 Å². The Morgan fingerprint density at radius 2 is 1.17 bits per heavy atom. The van der Waals surface area contributed by atoms with Crippen molar-refractivity contribution < 1.29 is 31.0 Å². The Hall–Kier alpha value is -2.38. The van der Waals surface area contributed by atoms with Crippen LogP contribution in [0.1, 0.15) is 18.3 Å². The number of rotatable bonds is 1. The van der Waals surface area contributed by atoms with Gasteiger partial charge in [0.05, 0.1) is 21.5 Å². The van der Waals surface area contributed by atoms with Crippen LogP contribution >= 0.6 is 0 Å². The van der Waals surface area contributed by atoms with Gasteiger partial charge in [-0.05, 0) is 12.0 Å². The van der Waals surface area contributed by atoms with Gasteiger partial charge >= 0.3 is 0 Å². The molecular weight excluding hydrogens is 334 g/mol. The van der Waals surface area contributed by atoms with Crippen molar-refractivity contribution in [2.45, 2.75) is 20.3 Å². The summed E-state index contributed by atoms with van der Waals surface area (Å²) in [6, 6.07) is 0. The standard InChI is InChI=1S/C16H11F6N2/c1-4-6-8-7(5(2)23-24(6)3)11(17)9-10(12(8)18)14(20)16(22)15(21)13(9)19/h4H2,1-3H3/q+1. The fraction of sp³-hybridized carbons (Fsp3) is 0.250. The second kappa shape index (κ2) is 5.32. The second-order valence-electron chi connectivity index (χ2n) is 5.39. The van der Waals surface area contributed by atoms with Gasteiger partial charge in [-0.15, -0.1) is 0 Å². The van der Waals surface area contributed by atoms with Crippen molar-refractivity contribution in [2.24, 2.45) is 7.05 Å². The molecule has 0 aliphatic heterocycles. The number of hydrogen-bond donors (Lipinski definition) is 0.